The summed E-state index contributed by atoms with van der Waals surface area (Å²) in [6, 6.07) is 14.0. The Balaban J connectivity index is 2.60. The third-order valence-electron chi connectivity index (χ3n) is 2.57. The molecule has 2 aromatic rings. The Kier molecular flexibility index (Phi) is 3.89. The number of benzene rings is 2. The first-order valence-corrected chi connectivity index (χ1v) is 6.31. The first-order chi connectivity index (χ1) is 8.26. The molecule has 0 unspecified atom stereocenters. The lowest BCUT2D eigenvalue weighted by molar-refractivity contribution is 0.404. The van der Waals surface area contributed by atoms with E-state index >= 15 is 0 Å². The van der Waals surface area contributed by atoms with Crippen molar-refractivity contribution in [1.29, 1.82) is 0 Å². The van der Waals surface area contributed by atoms with Crippen LogP contribution in [0.1, 0.15) is 0 Å². The summed E-state index contributed by atoms with van der Waals surface area (Å²) in [7, 11) is 3.35. The molecule has 0 amide bonds. The van der Waals surface area contributed by atoms with Crippen molar-refractivity contribution in [3.63, 3.8) is 0 Å². The third-order valence-corrected chi connectivity index (χ3v) is 3.51. The van der Waals surface area contributed by atoms with Gasteiger partial charge in [0.25, 0.3) is 0 Å². The molecule has 2 rings (SSSR count). The van der Waals surface area contributed by atoms with E-state index in [1.165, 1.54) is 3.57 Å². The molecule has 2 nitrogen and oxygen atoms in total. The van der Waals surface area contributed by atoms with Crippen LogP contribution in [-0.4, -0.2) is 14.2 Å². The number of hydrogen-bond donors (Lipinski definition) is 0. The fraction of sp³-hybridized carbons (Fsp3) is 0.143. The molecule has 0 aromatic heterocycles. The van der Waals surface area contributed by atoms with E-state index in [1.54, 1.807) is 14.2 Å². The fourth-order valence-electron chi connectivity index (χ4n) is 1.70. The molecule has 0 radical (unpaired) electrons. The summed E-state index contributed by atoms with van der Waals surface area (Å²) >= 11 is 2.32. The van der Waals surface area contributed by atoms with Crippen LogP contribution in [0.4, 0.5) is 0 Å². The highest BCUT2D eigenvalue weighted by molar-refractivity contribution is 14.1. The summed E-state index contributed by atoms with van der Waals surface area (Å²) < 4.78 is 11.8. The van der Waals surface area contributed by atoms with Gasteiger partial charge in [-0.2, -0.15) is 0 Å². The minimum atomic E-state index is 0.834. The van der Waals surface area contributed by atoms with Crippen molar-refractivity contribution in [2.75, 3.05) is 14.2 Å². The minimum Gasteiger partial charge on any atom is -0.497 e. The monoisotopic (exact) mass is 340 g/mol. The van der Waals surface area contributed by atoms with Crippen LogP contribution < -0.4 is 9.47 Å². The second-order valence-corrected chi connectivity index (χ2v) is 4.71. The van der Waals surface area contributed by atoms with E-state index in [0.29, 0.717) is 0 Å². The molecule has 0 heterocycles. The largest absolute Gasteiger partial charge is 0.497 e. The zero-order chi connectivity index (χ0) is 12.3. The van der Waals surface area contributed by atoms with Gasteiger partial charge < -0.3 is 9.47 Å². The van der Waals surface area contributed by atoms with Crippen LogP contribution in [-0.2, 0) is 0 Å². The standard InChI is InChI=1S/C14H13IO2/c1-16-10-7-8-14(17-2)12(9-10)11-5-3-4-6-13(11)15/h3-9H,1-2H3. The van der Waals surface area contributed by atoms with Crippen molar-refractivity contribution >= 4 is 22.6 Å². The number of ether oxygens (including phenoxy) is 2. The molecule has 17 heavy (non-hydrogen) atoms. The molecule has 0 bridgehead atoms. The van der Waals surface area contributed by atoms with Crippen LogP contribution in [0.3, 0.4) is 0 Å². The third kappa shape index (κ3) is 2.54. The molecule has 3 heteroatoms. The molecule has 0 aliphatic carbocycles. The van der Waals surface area contributed by atoms with Gasteiger partial charge in [0.2, 0.25) is 0 Å². The van der Waals surface area contributed by atoms with E-state index in [1.807, 2.05) is 30.3 Å². The van der Waals surface area contributed by atoms with E-state index in [2.05, 4.69) is 34.7 Å². The molecule has 0 spiro atoms. The normalized spacial score (nSPS) is 10.1. The molecule has 2 aromatic carbocycles. The number of rotatable bonds is 3. The van der Waals surface area contributed by atoms with E-state index in [0.717, 1.165) is 22.6 Å². The van der Waals surface area contributed by atoms with E-state index < -0.39 is 0 Å². The van der Waals surface area contributed by atoms with Crippen LogP contribution in [0.15, 0.2) is 42.5 Å². The number of hydrogen-bond acceptors (Lipinski definition) is 2. The Labute approximate surface area is 115 Å². The topological polar surface area (TPSA) is 18.5 Å². The van der Waals surface area contributed by atoms with Crippen molar-refractivity contribution in [3.8, 4) is 22.6 Å². The van der Waals surface area contributed by atoms with Gasteiger partial charge in [0.05, 0.1) is 14.2 Å². The highest BCUT2D eigenvalue weighted by Gasteiger charge is 2.09. The SMILES string of the molecule is COc1ccc(OC)c(-c2ccccc2I)c1. The lowest BCUT2D eigenvalue weighted by Gasteiger charge is -2.11. The Morgan fingerprint density at radius 2 is 1.65 bits per heavy atom. The summed E-state index contributed by atoms with van der Waals surface area (Å²) in [6.07, 6.45) is 0. The number of halogens is 1. The number of methoxy groups -OCH3 is 2. The Bertz CT molecular complexity index is 523. The smallest absolute Gasteiger partial charge is 0.126 e. The second kappa shape index (κ2) is 5.40. The van der Waals surface area contributed by atoms with Gasteiger partial charge in [-0.1, -0.05) is 18.2 Å². The molecule has 0 saturated heterocycles. The van der Waals surface area contributed by atoms with Crippen LogP contribution in [0, 0.1) is 3.57 Å². The second-order valence-electron chi connectivity index (χ2n) is 3.55. The van der Waals surface area contributed by atoms with Crippen molar-refractivity contribution in [3.05, 3.63) is 46.0 Å². The molecule has 0 N–H and O–H groups in total. The van der Waals surface area contributed by atoms with Crippen LogP contribution in [0.25, 0.3) is 11.1 Å². The highest BCUT2D eigenvalue weighted by Crippen LogP contribution is 2.35. The van der Waals surface area contributed by atoms with E-state index in [4.69, 9.17) is 9.47 Å². The molecule has 0 atom stereocenters. The van der Waals surface area contributed by atoms with Gasteiger partial charge in [0.15, 0.2) is 0 Å². The Morgan fingerprint density at radius 3 is 2.29 bits per heavy atom. The van der Waals surface area contributed by atoms with E-state index in [9.17, 15) is 0 Å². The average molecular weight is 340 g/mol. The van der Waals surface area contributed by atoms with Gasteiger partial charge in [-0.3, -0.25) is 0 Å². The summed E-state index contributed by atoms with van der Waals surface area (Å²) in [6.45, 7) is 0. The zero-order valence-electron chi connectivity index (χ0n) is 9.74. The van der Waals surface area contributed by atoms with Crippen molar-refractivity contribution in [2.24, 2.45) is 0 Å². The van der Waals surface area contributed by atoms with Crippen LogP contribution in [0.5, 0.6) is 11.5 Å². The van der Waals surface area contributed by atoms with Gasteiger partial charge in [-0.25, -0.2) is 0 Å². The van der Waals surface area contributed by atoms with Crippen molar-refractivity contribution < 1.29 is 9.47 Å². The lowest BCUT2D eigenvalue weighted by atomic mass is 10.0. The summed E-state index contributed by atoms with van der Waals surface area (Å²) in [4.78, 5) is 0. The maximum atomic E-state index is 5.40. The highest BCUT2D eigenvalue weighted by atomic mass is 127. The molecule has 0 aliphatic heterocycles. The summed E-state index contributed by atoms with van der Waals surface area (Å²) in [5.41, 5.74) is 2.21. The Hall–Kier alpha value is -1.23. The van der Waals surface area contributed by atoms with Gasteiger partial charge in [0, 0.05) is 9.13 Å². The molecule has 0 fully saturated rings. The first kappa shape index (κ1) is 12.2. The zero-order valence-corrected chi connectivity index (χ0v) is 11.9. The van der Waals surface area contributed by atoms with Gasteiger partial charge in [-0.05, 0) is 52.4 Å². The fourth-order valence-corrected chi connectivity index (χ4v) is 2.38. The molecule has 0 saturated carbocycles. The molecular formula is C14H13IO2. The maximum absolute atomic E-state index is 5.40. The molecule has 0 aliphatic rings. The maximum Gasteiger partial charge on any atom is 0.126 e. The molecule has 88 valence electrons. The summed E-state index contributed by atoms with van der Waals surface area (Å²) in [5, 5.41) is 0. The minimum absolute atomic E-state index is 0.834. The summed E-state index contributed by atoms with van der Waals surface area (Å²) in [5.74, 6) is 1.69. The van der Waals surface area contributed by atoms with Gasteiger partial charge in [-0.15, -0.1) is 0 Å². The molecular weight excluding hydrogens is 327 g/mol. The lowest BCUT2D eigenvalue weighted by Crippen LogP contribution is -1.91. The van der Waals surface area contributed by atoms with Gasteiger partial charge >= 0.3 is 0 Å². The van der Waals surface area contributed by atoms with Crippen LogP contribution >= 0.6 is 22.6 Å². The quantitative estimate of drug-likeness (QED) is 0.787. The average Bonchev–Trinajstić information content (AvgIpc) is 2.38. The van der Waals surface area contributed by atoms with Crippen molar-refractivity contribution in [2.45, 2.75) is 0 Å². The predicted octanol–water partition coefficient (Wildman–Crippen LogP) is 3.98. The van der Waals surface area contributed by atoms with Gasteiger partial charge in [0.1, 0.15) is 11.5 Å². The van der Waals surface area contributed by atoms with Crippen molar-refractivity contribution in [1.82, 2.24) is 0 Å². The van der Waals surface area contributed by atoms with Crippen LogP contribution in [0.2, 0.25) is 0 Å². The van der Waals surface area contributed by atoms with E-state index in [-0.39, 0.29) is 0 Å². The Morgan fingerprint density at radius 1 is 0.882 bits per heavy atom. The predicted molar refractivity (Wildman–Crippen MR) is 77.7 cm³/mol. The first-order valence-electron chi connectivity index (χ1n) is 5.23.